The summed E-state index contributed by atoms with van der Waals surface area (Å²) >= 11 is 0. The number of carbonyl (C=O) groups is 1. The van der Waals surface area contributed by atoms with Crippen molar-refractivity contribution in [1.29, 1.82) is 0 Å². The third-order valence-corrected chi connectivity index (χ3v) is 2.57. The van der Waals surface area contributed by atoms with Crippen molar-refractivity contribution in [3.8, 4) is 0 Å². The molecule has 0 aliphatic heterocycles. The van der Waals surface area contributed by atoms with Gasteiger partial charge in [0.15, 0.2) is 0 Å². The lowest BCUT2D eigenvalue weighted by atomic mass is 10.0. The molecule has 1 rings (SSSR count). The fourth-order valence-electron chi connectivity index (χ4n) is 1.59. The summed E-state index contributed by atoms with van der Waals surface area (Å²) in [6.07, 6.45) is 9.65. The first kappa shape index (κ1) is 12.2. The number of allylic oxidation sites excluding steroid dienone is 1. The third kappa shape index (κ3) is 5.57. The molecule has 0 amide bonds. The van der Waals surface area contributed by atoms with Crippen LogP contribution in [0.2, 0.25) is 0 Å². The van der Waals surface area contributed by atoms with Gasteiger partial charge in [0, 0.05) is 6.04 Å². The van der Waals surface area contributed by atoms with Crippen molar-refractivity contribution in [2.24, 2.45) is 0 Å². The Bertz CT molecular complexity index is 214. The van der Waals surface area contributed by atoms with E-state index < -0.39 is 0 Å². The van der Waals surface area contributed by atoms with Gasteiger partial charge in [0.2, 0.25) is 0 Å². The predicted octanol–water partition coefficient (Wildman–Crippen LogP) is 2.03. The van der Waals surface area contributed by atoms with Gasteiger partial charge in [-0.2, -0.15) is 0 Å². The molecule has 86 valence electrons. The van der Waals surface area contributed by atoms with Crippen LogP contribution >= 0.6 is 0 Å². The maximum Gasteiger partial charge on any atom is 0.319 e. The van der Waals surface area contributed by atoms with E-state index in [0.717, 1.165) is 32.1 Å². The molecule has 0 radical (unpaired) electrons. The average Bonchev–Trinajstić information content (AvgIpc) is 2.28. The molecule has 0 spiro atoms. The van der Waals surface area contributed by atoms with E-state index in [4.69, 9.17) is 4.74 Å². The molecule has 3 heteroatoms. The van der Waals surface area contributed by atoms with E-state index in [1.54, 1.807) is 0 Å². The molecular formula is C12H21NO2. The number of unbranched alkanes of at least 4 members (excludes halogenated alkanes) is 1. The Balaban J connectivity index is 2.03. The van der Waals surface area contributed by atoms with Gasteiger partial charge in [0.1, 0.15) is 0 Å². The van der Waals surface area contributed by atoms with Crippen molar-refractivity contribution in [3.63, 3.8) is 0 Å². The first-order chi connectivity index (χ1) is 7.33. The van der Waals surface area contributed by atoms with Crippen LogP contribution in [-0.2, 0) is 9.53 Å². The zero-order valence-corrected chi connectivity index (χ0v) is 9.50. The molecule has 1 unspecified atom stereocenters. The van der Waals surface area contributed by atoms with Crippen LogP contribution in [0, 0.1) is 0 Å². The van der Waals surface area contributed by atoms with Gasteiger partial charge in [0.05, 0.1) is 13.2 Å². The van der Waals surface area contributed by atoms with Crippen molar-refractivity contribution < 1.29 is 9.53 Å². The van der Waals surface area contributed by atoms with Crippen molar-refractivity contribution >= 4 is 5.97 Å². The van der Waals surface area contributed by atoms with E-state index in [1.807, 2.05) is 0 Å². The fraction of sp³-hybridized carbons (Fsp3) is 0.750. The van der Waals surface area contributed by atoms with Gasteiger partial charge in [-0.1, -0.05) is 25.5 Å². The van der Waals surface area contributed by atoms with E-state index in [9.17, 15) is 4.79 Å². The lowest BCUT2D eigenvalue weighted by Gasteiger charge is -2.18. The molecule has 0 aromatic carbocycles. The molecule has 0 fully saturated rings. The summed E-state index contributed by atoms with van der Waals surface area (Å²) in [7, 11) is 0. The molecular weight excluding hydrogens is 190 g/mol. The van der Waals surface area contributed by atoms with Crippen molar-refractivity contribution in [2.75, 3.05) is 13.2 Å². The van der Waals surface area contributed by atoms with E-state index in [1.165, 1.54) is 0 Å². The minimum atomic E-state index is -0.127. The molecule has 3 nitrogen and oxygen atoms in total. The Hall–Kier alpha value is -0.830. The van der Waals surface area contributed by atoms with Crippen LogP contribution in [0.3, 0.4) is 0 Å². The number of esters is 1. The van der Waals surface area contributed by atoms with Crippen LogP contribution in [0.15, 0.2) is 12.2 Å². The van der Waals surface area contributed by atoms with Gasteiger partial charge in [-0.25, -0.2) is 0 Å². The molecule has 1 N–H and O–H groups in total. The van der Waals surface area contributed by atoms with E-state index >= 15 is 0 Å². The van der Waals surface area contributed by atoms with Gasteiger partial charge in [-0.15, -0.1) is 0 Å². The SMILES string of the molecule is CCCCOC(=O)CNC1CC=CCC1. The molecule has 1 aliphatic rings. The molecule has 0 saturated carbocycles. The summed E-state index contributed by atoms with van der Waals surface area (Å²) in [5.74, 6) is -0.127. The van der Waals surface area contributed by atoms with E-state index in [0.29, 0.717) is 19.2 Å². The highest BCUT2D eigenvalue weighted by Gasteiger charge is 2.11. The van der Waals surface area contributed by atoms with Crippen LogP contribution in [0.4, 0.5) is 0 Å². The lowest BCUT2D eigenvalue weighted by Crippen LogP contribution is -2.35. The molecule has 0 heterocycles. The average molecular weight is 211 g/mol. The zero-order chi connectivity index (χ0) is 10.9. The van der Waals surface area contributed by atoms with Crippen molar-refractivity contribution in [2.45, 2.75) is 45.1 Å². The molecule has 1 aliphatic carbocycles. The summed E-state index contributed by atoms with van der Waals surface area (Å²) in [5, 5.41) is 3.22. The molecule has 0 aromatic heterocycles. The van der Waals surface area contributed by atoms with Gasteiger partial charge >= 0.3 is 5.97 Å². The fourth-order valence-corrected chi connectivity index (χ4v) is 1.59. The second kappa shape index (κ2) is 7.46. The second-order valence-electron chi connectivity index (χ2n) is 3.94. The van der Waals surface area contributed by atoms with Crippen molar-refractivity contribution in [1.82, 2.24) is 5.32 Å². The smallest absolute Gasteiger partial charge is 0.319 e. The Morgan fingerprint density at radius 2 is 2.40 bits per heavy atom. The van der Waals surface area contributed by atoms with Crippen molar-refractivity contribution in [3.05, 3.63) is 12.2 Å². The first-order valence-electron chi connectivity index (χ1n) is 5.87. The van der Waals surface area contributed by atoms with Crippen LogP contribution < -0.4 is 5.32 Å². The molecule has 15 heavy (non-hydrogen) atoms. The molecule has 0 saturated heterocycles. The maximum absolute atomic E-state index is 11.3. The number of hydrogen-bond acceptors (Lipinski definition) is 3. The van der Waals surface area contributed by atoms with Gasteiger partial charge < -0.3 is 10.1 Å². The van der Waals surface area contributed by atoms with Crippen LogP contribution in [0.5, 0.6) is 0 Å². The summed E-state index contributed by atoms with van der Waals surface area (Å²) < 4.78 is 5.05. The summed E-state index contributed by atoms with van der Waals surface area (Å²) in [4.78, 5) is 11.3. The molecule has 1 atom stereocenters. The predicted molar refractivity (Wildman–Crippen MR) is 60.6 cm³/mol. The number of ether oxygens (including phenoxy) is 1. The highest BCUT2D eigenvalue weighted by molar-refractivity contribution is 5.71. The van der Waals surface area contributed by atoms with Gasteiger partial charge in [0.25, 0.3) is 0 Å². The monoisotopic (exact) mass is 211 g/mol. The standard InChI is InChI=1S/C12H21NO2/c1-2-3-9-15-12(14)10-13-11-7-5-4-6-8-11/h4-5,11,13H,2-3,6-10H2,1H3. The lowest BCUT2D eigenvalue weighted by molar-refractivity contribution is -0.142. The Morgan fingerprint density at radius 1 is 1.53 bits per heavy atom. The van der Waals surface area contributed by atoms with Gasteiger partial charge in [-0.05, 0) is 25.7 Å². The van der Waals surface area contributed by atoms with Crippen LogP contribution in [0.1, 0.15) is 39.0 Å². The van der Waals surface area contributed by atoms with Crippen LogP contribution in [-0.4, -0.2) is 25.2 Å². The van der Waals surface area contributed by atoms with Gasteiger partial charge in [-0.3, -0.25) is 4.79 Å². The topological polar surface area (TPSA) is 38.3 Å². The Labute approximate surface area is 91.9 Å². The zero-order valence-electron chi connectivity index (χ0n) is 9.50. The summed E-state index contributed by atoms with van der Waals surface area (Å²) in [6, 6.07) is 0.453. The van der Waals surface area contributed by atoms with E-state index in [-0.39, 0.29) is 5.97 Å². The third-order valence-electron chi connectivity index (χ3n) is 2.57. The highest BCUT2D eigenvalue weighted by Crippen LogP contribution is 2.09. The summed E-state index contributed by atoms with van der Waals surface area (Å²) in [6.45, 7) is 2.99. The first-order valence-corrected chi connectivity index (χ1v) is 5.87. The maximum atomic E-state index is 11.3. The number of nitrogens with one attached hydrogen (secondary N) is 1. The Morgan fingerprint density at radius 3 is 3.07 bits per heavy atom. The normalized spacial score (nSPS) is 20.2. The minimum absolute atomic E-state index is 0.127. The molecule has 0 bridgehead atoms. The summed E-state index contributed by atoms with van der Waals surface area (Å²) in [5.41, 5.74) is 0. The quantitative estimate of drug-likeness (QED) is 0.415. The Kier molecular flexibility index (Phi) is 6.09. The molecule has 0 aromatic rings. The number of carbonyl (C=O) groups excluding carboxylic acids is 1. The largest absolute Gasteiger partial charge is 0.465 e. The highest BCUT2D eigenvalue weighted by atomic mass is 16.5. The van der Waals surface area contributed by atoms with E-state index in [2.05, 4.69) is 24.4 Å². The van der Waals surface area contributed by atoms with Crippen LogP contribution in [0.25, 0.3) is 0 Å². The number of hydrogen-bond donors (Lipinski definition) is 1. The second-order valence-corrected chi connectivity index (χ2v) is 3.94. The minimum Gasteiger partial charge on any atom is -0.465 e. The number of rotatable bonds is 6.